The maximum Gasteiger partial charge on any atom is 0.253 e. The van der Waals surface area contributed by atoms with Crippen molar-refractivity contribution in [2.45, 2.75) is 45.3 Å². The molecule has 2 heterocycles. The number of piperidine rings is 1. The van der Waals surface area contributed by atoms with Gasteiger partial charge < -0.3 is 14.5 Å². The third-order valence-electron chi connectivity index (χ3n) is 6.36. The fraction of sp³-hybridized carbons (Fsp3) is 0.619. The van der Waals surface area contributed by atoms with Crippen LogP contribution in [0.4, 0.5) is 4.39 Å². The highest BCUT2D eigenvalue weighted by atomic mass is 19.1. The smallest absolute Gasteiger partial charge is 0.253 e. The van der Waals surface area contributed by atoms with E-state index in [-0.39, 0.29) is 41.2 Å². The Morgan fingerprint density at radius 1 is 1.04 bits per heavy atom. The lowest BCUT2D eigenvalue weighted by molar-refractivity contribution is -0.145. The van der Waals surface area contributed by atoms with Crippen LogP contribution in [-0.2, 0) is 9.53 Å². The van der Waals surface area contributed by atoms with Crippen molar-refractivity contribution in [1.29, 1.82) is 0 Å². The van der Waals surface area contributed by atoms with Crippen LogP contribution in [0.1, 0.15) is 43.5 Å². The van der Waals surface area contributed by atoms with Gasteiger partial charge in [0.25, 0.3) is 5.91 Å². The van der Waals surface area contributed by atoms with Crippen LogP contribution in [-0.4, -0.2) is 60.0 Å². The Morgan fingerprint density at radius 2 is 1.63 bits per heavy atom. The van der Waals surface area contributed by atoms with Crippen molar-refractivity contribution < 1.29 is 18.7 Å². The summed E-state index contributed by atoms with van der Waals surface area (Å²) in [4.78, 5) is 29.3. The number of nitrogens with zero attached hydrogens (tertiary/aromatic N) is 2. The van der Waals surface area contributed by atoms with E-state index in [1.54, 1.807) is 0 Å². The lowest BCUT2D eigenvalue weighted by Gasteiger charge is -2.37. The van der Waals surface area contributed by atoms with E-state index in [4.69, 9.17) is 4.74 Å². The van der Waals surface area contributed by atoms with Crippen molar-refractivity contribution in [3.05, 3.63) is 35.6 Å². The molecule has 1 aromatic rings. The number of halogens is 1. The Bertz CT molecular complexity index is 717. The summed E-state index contributed by atoms with van der Waals surface area (Å²) in [5.74, 6) is -0.0344. The summed E-state index contributed by atoms with van der Waals surface area (Å²) < 4.78 is 18.8. The summed E-state index contributed by atoms with van der Waals surface area (Å²) in [6.07, 6.45) is 2.84. The van der Waals surface area contributed by atoms with Gasteiger partial charge in [-0.05, 0) is 62.8 Å². The van der Waals surface area contributed by atoms with Gasteiger partial charge in [-0.1, -0.05) is 0 Å². The van der Waals surface area contributed by atoms with Gasteiger partial charge in [-0.2, -0.15) is 0 Å². The van der Waals surface area contributed by atoms with Gasteiger partial charge in [-0.3, -0.25) is 9.59 Å². The monoisotopic (exact) mass is 374 g/mol. The molecule has 1 unspecified atom stereocenters. The molecule has 3 fully saturated rings. The van der Waals surface area contributed by atoms with E-state index in [1.807, 2.05) is 23.6 Å². The van der Waals surface area contributed by atoms with Gasteiger partial charge in [-0.25, -0.2) is 4.39 Å². The number of benzene rings is 1. The van der Waals surface area contributed by atoms with Crippen molar-refractivity contribution in [1.82, 2.24) is 9.80 Å². The van der Waals surface area contributed by atoms with Gasteiger partial charge in [0.15, 0.2) is 0 Å². The molecule has 6 heteroatoms. The van der Waals surface area contributed by atoms with Gasteiger partial charge in [0.2, 0.25) is 5.91 Å². The summed E-state index contributed by atoms with van der Waals surface area (Å²) in [6, 6.07) is 5.70. The number of likely N-dealkylation sites (tertiary alicyclic amines) is 1. The first-order valence-electron chi connectivity index (χ1n) is 9.87. The second kappa shape index (κ2) is 6.89. The highest BCUT2D eigenvalue weighted by molar-refractivity contribution is 5.94. The minimum absolute atomic E-state index is 0.0517. The summed E-state index contributed by atoms with van der Waals surface area (Å²) in [5.41, 5.74) is 0.591. The van der Waals surface area contributed by atoms with Gasteiger partial charge >= 0.3 is 0 Å². The van der Waals surface area contributed by atoms with Crippen LogP contribution in [0.15, 0.2) is 24.3 Å². The Hall–Kier alpha value is -1.95. The molecule has 0 aromatic heterocycles. The second-order valence-corrected chi connectivity index (χ2v) is 8.42. The molecule has 5 nitrogen and oxygen atoms in total. The van der Waals surface area contributed by atoms with E-state index in [0.29, 0.717) is 31.7 Å². The van der Waals surface area contributed by atoms with Gasteiger partial charge in [0.1, 0.15) is 5.82 Å². The lowest BCUT2D eigenvalue weighted by atomic mass is 9.90. The first kappa shape index (κ1) is 18.4. The van der Waals surface area contributed by atoms with Crippen LogP contribution in [0.2, 0.25) is 0 Å². The summed E-state index contributed by atoms with van der Waals surface area (Å²) >= 11 is 0. The normalized spacial score (nSPS) is 29.7. The Kier molecular flexibility index (Phi) is 4.70. The van der Waals surface area contributed by atoms with Crippen LogP contribution in [0.5, 0.6) is 0 Å². The molecule has 0 N–H and O–H groups in total. The van der Waals surface area contributed by atoms with Gasteiger partial charge in [0, 0.05) is 37.7 Å². The van der Waals surface area contributed by atoms with Crippen LogP contribution in [0, 0.1) is 17.2 Å². The number of morpholine rings is 1. The van der Waals surface area contributed by atoms with Crippen molar-refractivity contribution in [3.8, 4) is 0 Å². The molecule has 1 spiro atoms. The van der Waals surface area contributed by atoms with Crippen molar-refractivity contribution in [2.75, 3.05) is 26.2 Å². The van der Waals surface area contributed by atoms with Gasteiger partial charge in [-0.15, -0.1) is 0 Å². The predicted octanol–water partition coefficient (Wildman–Crippen LogP) is 2.70. The minimum Gasteiger partial charge on any atom is -0.372 e. The number of carbonyl (C=O) groups is 2. The molecule has 1 aromatic carbocycles. The molecule has 0 radical (unpaired) electrons. The zero-order chi connectivity index (χ0) is 19.2. The number of hydrogen-bond acceptors (Lipinski definition) is 3. The molecule has 1 saturated carbocycles. The molecule has 3 atom stereocenters. The molecule has 1 aliphatic carbocycles. The number of ether oxygens (including phenoxy) is 1. The molecule has 3 aliphatic rings. The fourth-order valence-electron chi connectivity index (χ4n) is 4.76. The number of hydrogen-bond donors (Lipinski definition) is 0. The summed E-state index contributed by atoms with van der Waals surface area (Å²) in [7, 11) is 0. The van der Waals surface area contributed by atoms with Crippen LogP contribution in [0.25, 0.3) is 0 Å². The van der Waals surface area contributed by atoms with E-state index >= 15 is 0 Å². The minimum atomic E-state index is -0.338. The molecule has 4 rings (SSSR count). The maximum absolute atomic E-state index is 13.1. The zero-order valence-corrected chi connectivity index (χ0v) is 16.0. The van der Waals surface area contributed by atoms with Gasteiger partial charge in [0.05, 0.1) is 12.2 Å². The number of rotatable bonds is 2. The predicted molar refractivity (Wildman–Crippen MR) is 98.7 cm³/mol. The van der Waals surface area contributed by atoms with Crippen LogP contribution < -0.4 is 0 Å². The lowest BCUT2D eigenvalue weighted by Crippen LogP contribution is -2.49. The molecular weight excluding hydrogens is 347 g/mol. The van der Waals surface area contributed by atoms with E-state index in [0.717, 1.165) is 19.3 Å². The van der Waals surface area contributed by atoms with Crippen LogP contribution >= 0.6 is 0 Å². The van der Waals surface area contributed by atoms with Crippen LogP contribution in [0.3, 0.4) is 0 Å². The Morgan fingerprint density at radius 3 is 2.22 bits per heavy atom. The average Bonchev–Trinajstić information content (AvgIpc) is 3.34. The van der Waals surface area contributed by atoms with E-state index < -0.39 is 0 Å². The molecule has 2 aliphatic heterocycles. The SMILES string of the molecule is C[C@@H]1CN(C(=O)C2CC23CCN(C(=O)c2ccc(F)cc2)CC3)C[C@H](C)O1. The largest absolute Gasteiger partial charge is 0.372 e. The third-order valence-corrected chi connectivity index (χ3v) is 6.36. The third kappa shape index (κ3) is 3.59. The van der Waals surface area contributed by atoms with Crippen molar-refractivity contribution >= 4 is 11.8 Å². The zero-order valence-electron chi connectivity index (χ0n) is 16.0. The molecule has 2 amide bonds. The van der Waals surface area contributed by atoms with E-state index in [2.05, 4.69) is 0 Å². The molecular formula is C21H27FN2O3. The topological polar surface area (TPSA) is 49.9 Å². The van der Waals surface area contributed by atoms with Crippen molar-refractivity contribution in [2.24, 2.45) is 11.3 Å². The standard InChI is InChI=1S/C21H27FN2O3/c1-14-12-24(13-15(2)27-14)20(26)18-11-21(18)7-9-23(10-8-21)19(25)16-3-5-17(22)6-4-16/h3-6,14-15,18H,7-13H2,1-2H3/t14-,15+,18?. The highest BCUT2D eigenvalue weighted by Crippen LogP contribution is 2.60. The van der Waals surface area contributed by atoms with E-state index in [1.165, 1.54) is 24.3 Å². The summed E-state index contributed by atoms with van der Waals surface area (Å²) in [6.45, 7) is 6.69. The molecule has 2 saturated heterocycles. The second-order valence-electron chi connectivity index (χ2n) is 8.42. The van der Waals surface area contributed by atoms with E-state index in [9.17, 15) is 14.0 Å². The molecule has 0 bridgehead atoms. The molecule has 27 heavy (non-hydrogen) atoms. The Balaban J connectivity index is 1.34. The van der Waals surface area contributed by atoms with Crippen molar-refractivity contribution in [3.63, 3.8) is 0 Å². The number of carbonyl (C=O) groups excluding carboxylic acids is 2. The maximum atomic E-state index is 13.1. The average molecular weight is 374 g/mol. The highest BCUT2D eigenvalue weighted by Gasteiger charge is 2.59. The summed E-state index contributed by atoms with van der Waals surface area (Å²) in [5, 5.41) is 0. The first-order chi connectivity index (χ1) is 12.9. The Labute approximate surface area is 159 Å². The quantitative estimate of drug-likeness (QED) is 0.800. The molecule has 146 valence electrons. The fourth-order valence-corrected chi connectivity index (χ4v) is 4.76. The number of amides is 2. The first-order valence-corrected chi connectivity index (χ1v) is 9.87.